The highest BCUT2D eigenvalue weighted by Gasteiger charge is 2.30. The zero-order valence-corrected chi connectivity index (χ0v) is 36.9. The van der Waals surface area contributed by atoms with E-state index in [2.05, 4.69) is 31.6 Å². The van der Waals surface area contributed by atoms with Crippen molar-refractivity contribution < 1.29 is 27.7 Å². The van der Waals surface area contributed by atoms with E-state index in [1.165, 1.54) is 24.3 Å². The largest absolute Gasteiger partial charge is 0.476 e. The Bertz CT molecular complexity index is 2500. The fourth-order valence-corrected chi connectivity index (χ4v) is 8.10. The summed E-state index contributed by atoms with van der Waals surface area (Å²) in [5, 5.41) is 19.6. The van der Waals surface area contributed by atoms with E-state index in [9.17, 15) is 23.5 Å². The Balaban J connectivity index is 0.000000185. The number of allylic oxidation sites excluding steroid dienone is 2. The Morgan fingerprint density at radius 1 is 0.633 bits per heavy atom. The number of halogens is 9. The summed E-state index contributed by atoms with van der Waals surface area (Å²) in [6.45, 7) is 0. The molecular weight excluding hydrogens is 943 g/mol. The summed E-state index contributed by atoms with van der Waals surface area (Å²) < 4.78 is 38.8. The molecule has 0 unspecified atom stereocenters. The van der Waals surface area contributed by atoms with Crippen molar-refractivity contribution in [2.45, 2.75) is 38.5 Å². The van der Waals surface area contributed by atoms with Gasteiger partial charge in [-0.1, -0.05) is 70.7 Å². The van der Waals surface area contributed by atoms with E-state index in [0.29, 0.717) is 49.9 Å². The number of nitrogens with zero attached hydrogens (tertiary/aromatic N) is 4. The van der Waals surface area contributed by atoms with E-state index in [1.54, 1.807) is 70.0 Å². The van der Waals surface area contributed by atoms with Crippen molar-refractivity contribution in [3.8, 4) is 11.4 Å². The molecule has 8 rings (SSSR count). The molecule has 18 heteroatoms. The fraction of sp³-hybridized carbons (Fsp3) is 0.143. The summed E-state index contributed by atoms with van der Waals surface area (Å²) in [4.78, 5) is 23.7. The first-order valence-corrected chi connectivity index (χ1v) is 22.6. The van der Waals surface area contributed by atoms with Crippen LogP contribution < -0.4 is 0 Å². The second-order valence-corrected chi connectivity index (χ2v) is 17.8. The summed E-state index contributed by atoms with van der Waals surface area (Å²) in [5.74, 6) is -1.68. The lowest BCUT2D eigenvalue weighted by Crippen LogP contribution is -2.08. The van der Waals surface area contributed by atoms with Crippen molar-refractivity contribution in [1.29, 1.82) is 0 Å². The van der Waals surface area contributed by atoms with Crippen LogP contribution in [0, 0.1) is 11.6 Å². The van der Waals surface area contributed by atoms with Crippen LogP contribution in [-0.2, 0) is 22.1 Å². The van der Waals surface area contributed by atoms with Crippen LogP contribution in [0.1, 0.15) is 80.3 Å². The van der Waals surface area contributed by atoms with Crippen molar-refractivity contribution in [1.82, 2.24) is 19.6 Å². The molecule has 2 aromatic heterocycles. The lowest BCUT2D eigenvalue weighted by Gasteiger charge is -2.19. The van der Waals surface area contributed by atoms with Gasteiger partial charge in [-0.2, -0.15) is 10.2 Å². The molecule has 2 heterocycles. The second kappa shape index (κ2) is 20.2. The zero-order chi connectivity index (χ0) is 43.2. The maximum absolute atomic E-state index is 13.2. The number of carbonyl (C=O) groups excluding carboxylic acids is 1. The van der Waals surface area contributed by atoms with Gasteiger partial charge >= 0.3 is 5.97 Å². The van der Waals surface area contributed by atoms with Crippen molar-refractivity contribution in [2.75, 3.05) is 0 Å². The maximum atomic E-state index is 13.2. The number of aromatic nitrogens is 4. The molecule has 0 fully saturated rings. The molecule has 0 saturated heterocycles. The normalized spacial score (nSPS) is 14.5. The highest BCUT2D eigenvalue weighted by Crippen LogP contribution is 2.39. The highest BCUT2D eigenvalue weighted by molar-refractivity contribution is 8.26. The first-order chi connectivity index (χ1) is 28.6. The molecule has 6 aromatic rings. The van der Waals surface area contributed by atoms with Crippen molar-refractivity contribution in [2.24, 2.45) is 0 Å². The van der Waals surface area contributed by atoms with Crippen molar-refractivity contribution in [3.63, 3.8) is 0 Å². The smallest absolute Gasteiger partial charge is 0.356 e. The molecule has 2 aliphatic carbocycles. The van der Waals surface area contributed by atoms with Gasteiger partial charge in [0.05, 0.1) is 32.8 Å². The molecule has 0 spiro atoms. The lowest BCUT2D eigenvalue weighted by molar-refractivity contribution is 0.0688. The van der Waals surface area contributed by atoms with Gasteiger partial charge in [0, 0.05) is 42.5 Å². The van der Waals surface area contributed by atoms with Gasteiger partial charge in [-0.15, -0.1) is 0 Å². The van der Waals surface area contributed by atoms with E-state index in [4.69, 9.17) is 62.2 Å². The van der Waals surface area contributed by atoms with Crippen LogP contribution in [0.5, 0.6) is 0 Å². The second-order valence-electron chi connectivity index (χ2n) is 13.3. The molecule has 310 valence electrons. The average Bonchev–Trinajstić information content (AvgIpc) is 3.78. The number of benzene rings is 4. The molecular formula is C42H29Cl7F2N4O4S. The van der Waals surface area contributed by atoms with E-state index in [0.717, 1.165) is 64.9 Å². The Morgan fingerprint density at radius 3 is 1.38 bits per heavy atom. The molecule has 2 aliphatic rings. The van der Waals surface area contributed by atoms with Crippen LogP contribution in [0.3, 0.4) is 0 Å². The Hall–Kier alpha value is -4.04. The molecule has 1 N–H and O–H groups in total. The average molecular weight is 972 g/mol. The summed E-state index contributed by atoms with van der Waals surface area (Å²) in [6.07, 6.45) is 8.42. The highest BCUT2D eigenvalue weighted by atomic mass is 36.0. The lowest BCUT2D eigenvalue weighted by atomic mass is 9.90. The molecule has 0 atom stereocenters. The maximum Gasteiger partial charge on any atom is 0.356 e. The van der Waals surface area contributed by atoms with E-state index >= 15 is 0 Å². The molecule has 4 aromatic carbocycles. The van der Waals surface area contributed by atoms with Gasteiger partial charge in [0.2, 0.25) is 9.23 Å². The molecule has 8 nitrogen and oxygen atoms in total. The third-order valence-electron chi connectivity index (χ3n) is 9.41. The number of hydrogen-bond donors (Lipinski definition) is 1. The van der Waals surface area contributed by atoms with E-state index in [1.807, 2.05) is 12.2 Å². The van der Waals surface area contributed by atoms with Crippen LogP contribution in [0.15, 0.2) is 84.9 Å². The van der Waals surface area contributed by atoms with Crippen LogP contribution in [0.2, 0.25) is 20.1 Å². The number of aromatic carboxylic acids is 1. The Morgan fingerprint density at radius 2 is 1.02 bits per heavy atom. The number of fused-ring (bicyclic) bond motifs is 2. The van der Waals surface area contributed by atoms with Gasteiger partial charge in [-0.3, -0.25) is 4.79 Å². The zero-order valence-electron chi connectivity index (χ0n) is 30.8. The quantitative estimate of drug-likeness (QED) is 0.167. The Labute approximate surface area is 379 Å². The van der Waals surface area contributed by atoms with Crippen molar-refractivity contribution >= 4 is 123 Å². The standard InChI is InChI=1S/C21H14Cl3FN2O.C21H15Cl2FN2O2.Cl2OS/c22-14-6-9-18(17(23)11-14)27-20-13(10-12-4-7-15(25)8-5-12)2-1-3-16(20)19(26-27)21(24)28;22-14-6-9-18(17(23)11-14)26-20-13(10-12-4-7-15(24)8-5-12)2-1-3-16(20)19(25-26)21(27)28;1-4(2)3/h4-11H,1-3H2;4-11H,1-3H2,(H,27,28);/b2*13-10+;. The molecule has 0 radical (unpaired) electrons. The molecule has 60 heavy (non-hydrogen) atoms. The van der Waals surface area contributed by atoms with Gasteiger partial charge in [0.25, 0.3) is 5.24 Å². The number of carbonyl (C=O) groups is 2. The predicted molar refractivity (Wildman–Crippen MR) is 239 cm³/mol. The molecule has 0 aliphatic heterocycles. The summed E-state index contributed by atoms with van der Waals surface area (Å²) in [5.41, 5.74) is 8.01. The first kappa shape index (κ1) is 45.5. The fourth-order valence-electron chi connectivity index (χ4n) is 6.97. The minimum absolute atomic E-state index is 0.0192. The van der Waals surface area contributed by atoms with Gasteiger partial charge in [-0.05, 0) is 145 Å². The topological polar surface area (TPSA) is 107 Å². The van der Waals surface area contributed by atoms with Crippen molar-refractivity contribution in [3.05, 3.63) is 162 Å². The number of rotatable bonds is 6. The first-order valence-electron chi connectivity index (χ1n) is 17.9. The van der Waals surface area contributed by atoms with Gasteiger partial charge in [-0.25, -0.2) is 27.1 Å². The van der Waals surface area contributed by atoms with Crippen LogP contribution in [0.4, 0.5) is 8.78 Å². The third kappa shape index (κ3) is 10.9. The van der Waals surface area contributed by atoms with Gasteiger partial charge in [0.15, 0.2) is 5.69 Å². The SMILES string of the molecule is O=C(Cl)c1nn(-c2ccc(Cl)cc2Cl)c2c1CCC/C2=C\c1ccc(F)cc1.O=C(O)c1nn(-c2ccc(Cl)cc2Cl)c2c1CCC/C2=C\c1ccc(F)cc1.O=S(Cl)Cl. The molecule has 0 bridgehead atoms. The number of carboxylic acid groups (broad SMARTS) is 1. The van der Waals surface area contributed by atoms with Crippen LogP contribution in [-0.4, -0.2) is 40.1 Å². The van der Waals surface area contributed by atoms with Gasteiger partial charge in [0.1, 0.15) is 17.3 Å². The van der Waals surface area contributed by atoms with E-state index in [-0.39, 0.29) is 23.0 Å². The van der Waals surface area contributed by atoms with Gasteiger partial charge < -0.3 is 5.11 Å². The minimum atomic E-state index is -1.67. The monoisotopic (exact) mass is 968 g/mol. The number of carboxylic acids is 1. The third-order valence-corrected chi connectivity index (χ3v) is 10.7. The predicted octanol–water partition coefficient (Wildman–Crippen LogP) is 13.5. The number of hydrogen-bond acceptors (Lipinski definition) is 5. The minimum Gasteiger partial charge on any atom is -0.476 e. The summed E-state index contributed by atoms with van der Waals surface area (Å²) in [6, 6.07) is 22.5. The molecule has 0 saturated carbocycles. The van der Waals surface area contributed by atoms with Crippen LogP contribution in [0.25, 0.3) is 34.7 Å². The van der Waals surface area contributed by atoms with Crippen LogP contribution >= 0.6 is 79.4 Å². The summed E-state index contributed by atoms with van der Waals surface area (Å²) >= 11 is 30.6. The molecule has 0 amide bonds. The summed E-state index contributed by atoms with van der Waals surface area (Å²) in [7, 11) is 7.36. The van der Waals surface area contributed by atoms with E-state index < -0.39 is 20.4 Å². The Kier molecular flexibility index (Phi) is 15.3.